The lowest BCUT2D eigenvalue weighted by Crippen LogP contribution is -2.59. The highest BCUT2D eigenvalue weighted by Crippen LogP contribution is 2.43. The number of β-amino-alcohol motifs (C(OH)–C–C–N with tert-alkyl or cyclic N) is 1. The van der Waals surface area contributed by atoms with E-state index in [9.17, 15) is 29.3 Å². The van der Waals surface area contributed by atoms with Crippen LogP contribution in [0.15, 0.2) is 139 Å². The molecule has 3 aromatic carbocycles. The number of aliphatic hydroxyl groups excluding tert-OH is 2. The minimum absolute atomic E-state index is 0.0344. The van der Waals surface area contributed by atoms with Gasteiger partial charge in [-0.05, 0) is 89.8 Å². The van der Waals surface area contributed by atoms with Gasteiger partial charge >= 0.3 is 0 Å². The van der Waals surface area contributed by atoms with E-state index in [1.165, 1.54) is 28.8 Å². The number of likely N-dealkylation sites (tertiary alicyclic amines) is 1. The van der Waals surface area contributed by atoms with Crippen LogP contribution in [0.3, 0.4) is 0 Å². The molecule has 2 fully saturated rings. The van der Waals surface area contributed by atoms with Gasteiger partial charge in [0, 0.05) is 60.9 Å². The molecule has 1 aliphatic carbocycles. The molecule has 1 unspecified atom stereocenters. The van der Waals surface area contributed by atoms with Gasteiger partial charge in [0.25, 0.3) is 0 Å². The second kappa shape index (κ2) is 27.4. The first-order chi connectivity index (χ1) is 36.2. The Hall–Kier alpha value is -5.99. The van der Waals surface area contributed by atoms with Crippen molar-refractivity contribution in [1.82, 2.24) is 31.1 Å². The summed E-state index contributed by atoms with van der Waals surface area (Å²) in [7, 11) is 1.87. The minimum atomic E-state index is -1.22. The van der Waals surface area contributed by atoms with Crippen LogP contribution in [0.4, 0.5) is 14.5 Å². The first kappa shape index (κ1) is 59.3. The predicted octanol–water partition coefficient (Wildman–Crippen LogP) is 7.96. The standard InChI is InChI=1S/C58H77F2N7O8S/c1-10-76-42(5)40(3)20-19-39(2)41(4)61-55(71)50-32-48(68)35-67(50)56(72)54(57(6,7)8)62-52(70)37-74-30-29-73-36-47-34-66(63-64(47)9)27-28-75-49-23-21-46(22-24-49)65(33-43-15-13-18-51(69)53(43)60)38-58(25-11-12-26-58)44-16-14-17-45(59)31-44/h10,13-24,31,34,41,48,50,52,54,62-63,68-70H,1-3,5,11-12,25-30,32-33,35-38H2,4,6-9H3,(H,61,71)/b20-19-/t41-,48-,50+,52?,54-/m1/s1. The van der Waals surface area contributed by atoms with Gasteiger partial charge in [0.05, 0.1) is 56.9 Å². The molecule has 2 heterocycles. The number of aromatic hydroxyl groups is 1. The Morgan fingerprint density at radius 2 is 1.72 bits per heavy atom. The fourth-order valence-electron chi connectivity index (χ4n) is 9.64. The van der Waals surface area contributed by atoms with Crippen LogP contribution in [0.25, 0.3) is 0 Å². The monoisotopic (exact) mass is 1070 g/mol. The Balaban J connectivity index is 0.935. The number of allylic oxidation sites excluding steroid dienone is 2. The number of hydrazine groups is 2. The summed E-state index contributed by atoms with van der Waals surface area (Å²) in [6.07, 6.45) is 7.15. The number of anilines is 1. The van der Waals surface area contributed by atoms with Crippen LogP contribution in [0.5, 0.6) is 11.5 Å². The number of aliphatic hydroxyl groups is 2. The van der Waals surface area contributed by atoms with Crippen molar-refractivity contribution < 1.29 is 47.9 Å². The number of hydrogen-bond donors (Lipinski definition) is 6. The normalized spacial score (nSPS) is 18.6. The average molecular weight is 1070 g/mol. The van der Waals surface area contributed by atoms with Crippen molar-refractivity contribution in [1.29, 1.82) is 0 Å². The molecule has 1 saturated carbocycles. The molecule has 0 aromatic heterocycles. The third-order valence-electron chi connectivity index (χ3n) is 14.0. The maximum absolute atomic E-state index is 15.2. The summed E-state index contributed by atoms with van der Waals surface area (Å²) in [5, 5.41) is 43.1. The van der Waals surface area contributed by atoms with E-state index >= 15 is 4.39 Å². The fourth-order valence-corrected chi connectivity index (χ4v) is 10.1. The highest BCUT2D eigenvalue weighted by Gasteiger charge is 2.45. The van der Waals surface area contributed by atoms with Crippen molar-refractivity contribution in [3.63, 3.8) is 0 Å². The van der Waals surface area contributed by atoms with E-state index in [0.29, 0.717) is 42.2 Å². The second-order valence-electron chi connectivity index (χ2n) is 20.8. The number of amides is 2. The number of phenolic OH excluding ortho intramolecular Hbond substituents is 1. The highest BCUT2D eigenvalue weighted by molar-refractivity contribution is 8.06. The van der Waals surface area contributed by atoms with E-state index in [4.69, 9.17) is 14.2 Å². The van der Waals surface area contributed by atoms with Gasteiger partial charge < -0.3 is 44.6 Å². The Labute approximate surface area is 451 Å². The quantitative estimate of drug-likeness (QED) is 0.0235. The number of likely N-dealkylation sites (N-methyl/N-ethyl adjacent to an activating group) is 1. The molecule has 2 aliphatic heterocycles. The fraction of sp³-hybridized carbons (Fsp3) is 0.448. The summed E-state index contributed by atoms with van der Waals surface area (Å²) in [4.78, 5) is 31.9. The van der Waals surface area contributed by atoms with Crippen molar-refractivity contribution in [3.05, 3.63) is 161 Å². The van der Waals surface area contributed by atoms with Crippen LogP contribution in [-0.4, -0.2) is 132 Å². The van der Waals surface area contributed by atoms with E-state index in [1.807, 2.05) is 74.4 Å². The zero-order chi connectivity index (χ0) is 55.2. The molecular weight excluding hydrogens is 993 g/mol. The van der Waals surface area contributed by atoms with Gasteiger partial charge in [0.2, 0.25) is 11.8 Å². The Morgan fingerprint density at radius 3 is 2.42 bits per heavy atom. The van der Waals surface area contributed by atoms with Crippen molar-refractivity contribution >= 4 is 29.3 Å². The lowest BCUT2D eigenvalue weighted by Gasteiger charge is -2.37. The van der Waals surface area contributed by atoms with E-state index in [1.54, 1.807) is 48.7 Å². The molecule has 6 rings (SSSR count). The summed E-state index contributed by atoms with van der Waals surface area (Å²) in [5.74, 6) is -1.54. The van der Waals surface area contributed by atoms with Gasteiger partial charge in [-0.3, -0.25) is 24.9 Å². The largest absolute Gasteiger partial charge is 0.505 e. The number of carbonyl (C=O) groups excluding carboxylic acids is 2. The van der Waals surface area contributed by atoms with Gasteiger partial charge in [-0.15, -0.1) is 5.53 Å². The van der Waals surface area contributed by atoms with Gasteiger partial charge in [-0.1, -0.05) is 108 Å². The molecule has 412 valence electrons. The molecule has 2 amide bonds. The third-order valence-corrected chi connectivity index (χ3v) is 14.7. The molecule has 0 radical (unpaired) electrons. The van der Waals surface area contributed by atoms with Gasteiger partial charge in [0.15, 0.2) is 11.6 Å². The van der Waals surface area contributed by atoms with Gasteiger partial charge in [0.1, 0.15) is 30.4 Å². The molecule has 18 heteroatoms. The number of phenols is 1. The van der Waals surface area contributed by atoms with Crippen molar-refractivity contribution in [2.24, 2.45) is 5.41 Å². The maximum atomic E-state index is 15.2. The van der Waals surface area contributed by atoms with E-state index < -0.39 is 59.3 Å². The second-order valence-corrected chi connectivity index (χ2v) is 21.9. The van der Waals surface area contributed by atoms with Crippen LogP contribution in [0.1, 0.15) is 70.9 Å². The number of rotatable bonds is 28. The molecule has 6 N–H and O–H groups in total. The van der Waals surface area contributed by atoms with Gasteiger partial charge in [-0.2, -0.15) is 0 Å². The molecule has 0 bridgehead atoms. The summed E-state index contributed by atoms with van der Waals surface area (Å²) in [6, 6.07) is 16.7. The number of nitrogens with one attached hydrogen (secondary N) is 3. The molecule has 15 nitrogen and oxygen atoms in total. The molecule has 1 saturated heterocycles. The molecule has 76 heavy (non-hydrogen) atoms. The minimum Gasteiger partial charge on any atom is -0.505 e. The Kier molecular flexibility index (Phi) is 21.3. The number of thioether (sulfide) groups is 1. The van der Waals surface area contributed by atoms with Gasteiger partial charge in [-0.25, -0.2) is 8.78 Å². The number of ether oxygens (including phenoxy) is 3. The molecule has 0 spiro atoms. The van der Waals surface area contributed by atoms with Crippen molar-refractivity contribution in [2.75, 3.05) is 64.6 Å². The molecule has 5 atom stereocenters. The Morgan fingerprint density at radius 1 is 1.01 bits per heavy atom. The highest BCUT2D eigenvalue weighted by atomic mass is 32.2. The number of hydrogen-bond acceptors (Lipinski definition) is 14. The van der Waals surface area contributed by atoms with Crippen LogP contribution in [-0.2, 0) is 31.0 Å². The first-order valence-corrected chi connectivity index (χ1v) is 26.6. The third kappa shape index (κ3) is 16.3. The summed E-state index contributed by atoms with van der Waals surface area (Å²) in [6.45, 7) is 25.1. The van der Waals surface area contributed by atoms with Crippen molar-refractivity contribution in [3.8, 4) is 11.5 Å². The predicted molar refractivity (Wildman–Crippen MR) is 295 cm³/mol. The van der Waals surface area contributed by atoms with Crippen LogP contribution in [0, 0.1) is 17.0 Å². The van der Waals surface area contributed by atoms with Crippen LogP contribution >= 0.6 is 11.8 Å². The summed E-state index contributed by atoms with van der Waals surface area (Å²) >= 11 is 1.36. The topological polar surface area (TPSA) is 172 Å². The molecular formula is C58H77F2N7O8S. The average Bonchev–Trinajstić information content (AvgIpc) is 4.12. The molecule has 3 aromatic rings. The zero-order valence-corrected chi connectivity index (χ0v) is 45.4. The lowest BCUT2D eigenvalue weighted by atomic mass is 9.78. The van der Waals surface area contributed by atoms with Crippen LogP contribution < -0.4 is 25.8 Å². The number of nitrogens with zero attached hydrogens (tertiary/aromatic N) is 4. The number of carbonyl (C=O) groups is 2. The van der Waals surface area contributed by atoms with Crippen molar-refractivity contribution in [2.45, 2.75) is 102 Å². The van der Waals surface area contributed by atoms with E-state index in [2.05, 4.69) is 47.4 Å². The SMILES string of the molecule is C=CSC(=C)C(=C)/C=C\C(=C)[C@@H](C)NC(=O)[C@@H]1C[C@@H](O)CN1C(=O)[C@@H](NC(O)COCCOCC1=CN(CCOc2ccc(N(Cc3cccc(O)c3F)CC3(c4cccc(F)c4)CCCC3)cc2)NN1C)C(C)(C)C. The lowest BCUT2D eigenvalue weighted by molar-refractivity contribution is -0.143. The number of benzene rings is 3. The van der Waals surface area contributed by atoms with E-state index in [-0.39, 0.29) is 57.2 Å². The zero-order valence-electron chi connectivity index (χ0n) is 44.6. The maximum Gasteiger partial charge on any atom is 0.243 e. The smallest absolute Gasteiger partial charge is 0.243 e. The van der Waals surface area contributed by atoms with E-state index in [0.717, 1.165) is 47.5 Å². The van der Waals surface area contributed by atoms with Crippen LogP contribution in [0.2, 0.25) is 0 Å². The summed E-state index contributed by atoms with van der Waals surface area (Å²) < 4.78 is 47.4. The molecule has 3 aliphatic rings. The number of halogens is 2. The Bertz CT molecular complexity index is 2570. The summed E-state index contributed by atoms with van der Waals surface area (Å²) in [5.41, 5.74) is 6.54. The first-order valence-electron chi connectivity index (χ1n) is 25.8.